The highest BCUT2D eigenvalue weighted by Crippen LogP contribution is 2.33. The molecule has 0 bridgehead atoms. The number of methoxy groups -OCH3 is 3. The average Bonchev–Trinajstić information content (AvgIpc) is 2.71. The molecule has 30 heavy (non-hydrogen) atoms. The number of nitrogens with zero attached hydrogens (tertiary/aromatic N) is 2. The fraction of sp³-hybridized carbons (Fsp3) is 0.263. The number of sulfonamides is 1. The number of hydrogen-bond acceptors (Lipinski definition) is 7. The summed E-state index contributed by atoms with van der Waals surface area (Å²) in [7, 11) is 0.612. The smallest absolute Gasteiger partial charge is 0.260 e. The summed E-state index contributed by atoms with van der Waals surface area (Å²) in [5.41, 5.74) is 3.15. The number of benzene rings is 2. The van der Waals surface area contributed by atoms with Gasteiger partial charge in [-0.15, -0.1) is 0 Å². The van der Waals surface area contributed by atoms with Crippen LogP contribution in [0.2, 0.25) is 0 Å². The van der Waals surface area contributed by atoms with Crippen LogP contribution in [0.15, 0.2) is 46.0 Å². The molecule has 0 fully saturated rings. The standard InChI is InChI=1S/C19H22BrN3O6S/c1-27-15-6-7-16(18(10-15)29-3)23(30(4,25)26)12-19(24)22-21-11-13-9-14(20)5-8-17(13)28-2/h5-11H,12H2,1-4H3,(H,22,24)/b21-11-. The fourth-order valence-electron chi connectivity index (χ4n) is 2.52. The van der Waals surface area contributed by atoms with E-state index in [2.05, 4.69) is 26.5 Å². The molecule has 0 heterocycles. The molecule has 2 aromatic rings. The maximum Gasteiger partial charge on any atom is 0.260 e. The van der Waals surface area contributed by atoms with Crippen molar-refractivity contribution in [1.29, 1.82) is 0 Å². The van der Waals surface area contributed by atoms with Gasteiger partial charge in [0.05, 0.1) is 39.5 Å². The monoisotopic (exact) mass is 499 g/mol. The zero-order valence-electron chi connectivity index (χ0n) is 16.9. The lowest BCUT2D eigenvalue weighted by molar-refractivity contribution is -0.119. The van der Waals surface area contributed by atoms with Crippen molar-refractivity contribution in [2.75, 3.05) is 38.4 Å². The molecule has 0 saturated carbocycles. The number of ether oxygens (including phenoxy) is 3. The van der Waals surface area contributed by atoms with Crippen LogP contribution in [0.3, 0.4) is 0 Å². The van der Waals surface area contributed by atoms with E-state index in [9.17, 15) is 13.2 Å². The number of amides is 1. The van der Waals surface area contributed by atoms with Gasteiger partial charge in [0.25, 0.3) is 5.91 Å². The van der Waals surface area contributed by atoms with E-state index in [-0.39, 0.29) is 11.4 Å². The molecule has 2 rings (SSSR count). The summed E-state index contributed by atoms with van der Waals surface area (Å²) < 4.78 is 42.0. The second-order valence-corrected chi connectivity index (χ2v) is 8.81. The van der Waals surface area contributed by atoms with Gasteiger partial charge in [-0.05, 0) is 30.3 Å². The zero-order valence-corrected chi connectivity index (χ0v) is 19.3. The van der Waals surface area contributed by atoms with Gasteiger partial charge in [-0.3, -0.25) is 9.10 Å². The second-order valence-electron chi connectivity index (χ2n) is 5.99. The van der Waals surface area contributed by atoms with Gasteiger partial charge < -0.3 is 14.2 Å². The van der Waals surface area contributed by atoms with Crippen molar-refractivity contribution in [3.8, 4) is 17.2 Å². The molecule has 0 atom stereocenters. The van der Waals surface area contributed by atoms with Crippen molar-refractivity contribution in [3.63, 3.8) is 0 Å². The molecule has 0 spiro atoms. The van der Waals surface area contributed by atoms with E-state index in [1.54, 1.807) is 24.3 Å². The molecule has 0 aliphatic heterocycles. The maximum atomic E-state index is 12.4. The Bertz CT molecular complexity index is 1040. The van der Waals surface area contributed by atoms with Gasteiger partial charge in [0, 0.05) is 16.1 Å². The van der Waals surface area contributed by atoms with Crippen LogP contribution in [0, 0.1) is 0 Å². The van der Waals surface area contributed by atoms with Gasteiger partial charge >= 0.3 is 0 Å². The van der Waals surface area contributed by atoms with E-state index in [1.165, 1.54) is 39.7 Å². The van der Waals surface area contributed by atoms with Gasteiger partial charge in [0.2, 0.25) is 10.0 Å². The predicted molar refractivity (Wildman–Crippen MR) is 118 cm³/mol. The SMILES string of the molecule is COc1ccc(N(CC(=O)N/N=C\c2cc(Br)ccc2OC)S(C)(=O)=O)c(OC)c1. The van der Waals surface area contributed by atoms with Crippen LogP contribution in [0.25, 0.3) is 0 Å². The lowest BCUT2D eigenvalue weighted by Crippen LogP contribution is -2.39. The Morgan fingerprint density at radius 2 is 1.80 bits per heavy atom. The molecule has 1 amide bonds. The fourth-order valence-corrected chi connectivity index (χ4v) is 3.76. The van der Waals surface area contributed by atoms with Crippen molar-refractivity contribution < 1.29 is 27.4 Å². The predicted octanol–water partition coefficient (Wildman–Crippen LogP) is 2.39. The Morgan fingerprint density at radius 3 is 2.40 bits per heavy atom. The Hall–Kier alpha value is -2.79. The molecule has 162 valence electrons. The molecule has 0 aromatic heterocycles. The quantitative estimate of drug-likeness (QED) is 0.419. The highest BCUT2D eigenvalue weighted by Gasteiger charge is 2.24. The van der Waals surface area contributed by atoms with Crippen LogP contribution < -0.4 is 23.9 Å². The first-order valence-electron chi connectivity index (χ1n) is 8.54. The van der Waals surface area contributed by atoms with Gasteiger partial charge in [0.1, 0.15) is 23.8 Å². The lowest BCUT2D eigenvalue weighted by atomic mass is 10.2. The summed E-state index contributed by atoms with van der Waals surface area (Å²) in [4.78, 5) is 12.4. The third kappa shape index (κ3) is 6.10. The third-order valence-electron chi connectivity index (χ3n) is 3.93. The summed E-state index contributed by atoms with van der Waals surface area (Å²) in [5.74, 6) is 0.663. The molecule has 1 N–H and O–H groups in total. The van der Waals surface area contributed by atoms with Crippen molar-refractivity contribution >= 4 is 43.8 Å². The first kappa shape index (κ1) is 23.5. The highest BCUT2D eigenvalue weighted by atomic mass is 79.9. The van der Waals surface area contributed by atoms with Gasteiger partial charge in [0.15, 0.2) is 0 Å². The number of rotatable bonds is 9. The minimum absolute atomic E-state index is 0.202. The summed E-state index contributed by atoms with van der Waals surface area (Å²) in [6.07, 6.45) is 2.40. The van der Waals surface area contributed by atoms with Crippen LogP contribution in [-0.4, -0.2) is 54.7 Å². The average molecular weight is 500 g/mol. The minimum Gasteiger partial charge on any atom is -0.497 e. The van der Waals surface area contributed by atoms with Crippen LogP contribution in [-0.2, 0) is 14.8 Å². The van der Waals surface area contributed by atoms with E-state index in [0.717, 1.165) is 15.0 Å². The minimum atomic E-state index is -3.79. The molecule has 0 radical (unpaired) electrons. The highest BCUT2D eigenvalue weighted by molar-refractivity contribution is 9.10. The molecule has 2 aromatic carbocycles. The van der Waals surface area contributed by atoms with Gasteiger partial charge in [-0.2, -0.15) is 5.10 Å². The van der Waals surface area contributed by atoms with Gasteiger partial charge in [-0.25, -0.2) is 13.8 Å². The topological polar surface area (TPSA) is 107 Å². The van der Waals surface area contributed by atoms with E-state index in [0.29, 0.717) is 17.1 Å². The summed E-state index contributed by atoms with van der Waals surface area (Å²) >= 11 is 3.35. The van der Waals surface area contributed by atoms with Crippen molar-refractivity contribution in [3.05, 3.63) is 46.4 Å². The number of hydrogen-bond donors (Lipinski definition) is 1. The molecule has 0 aliphatic rings. The van der Waals surface area contributed by atoms with Crippen LogP contribution in [0.5, 0.6) is 17.2 Å². The van der Waals surface area contributed by atoms with E-state index >= 15 is 0 Å². The Labute approximate surface area is 183 Å². The van der Waals surface area contributed by atoms with Crippen LogP contribution >= 0.6 is 15.9 Å². The number of carbonyl (C=O) groups excluding carboxylic acids is 1. The lowest BCUT2D eigenvalue weighted by Gasteiger charge is -2.23. The maximum absolute atomic E-state index is 12.4. The van der Waals surface area contributed by atoms with Gasteiger partial charge in [-0.1, -0.05) is 15.9 Å². The summed E-state index contributed by atoms with van der Waals surface area (Å²) in [6, 6.07) is 9.92. The number of nitrogens with one attached hydrogen (secondary N) is 1. The summed E-state index contributed by atoms with van der Waals surface area (Å²) in [5, 5.41) is 3.89. The Kier molecular flexibility index (Phi) is 8.07. The molecule has 0 aliphatic carbocycles. The molecule has 9 nitrogen and oxygen atoms in total. The molecule has 11 heteroatoms. The van der Waals surface area contributed by atoms with Crippen molar-refractivity contribution in [2.24, 2.45) is 5.10 Å². The number of anilines is 1. The number of halogens is 1. The van der Waals surface area contributed by atoms with Crippen molar-refractivity contribution in [2.45, 2.75) is 0 Å². The van der Waals surface area contributed by atoms with Crippen LogP contribution in [0.4, 0.5) is 5.69 Å². The molecule has 0 unspecified atom stereocenters. The molecule has 0 saturated heterocycles. The first-order chi connectivity index (χ1) is 14.2. The Balaban J connectivity index is 2.21. The first-order valence-corrected chi connectivity index (χ1v) is 11.2. The van der Waals surface area contributed by atoms with E-state index in [4.69, 9.17) is 14.2 Å². The van der Waals surface area contributed by atoms with Crippen molar-refractivity contribution in [1.82, 2.24) is 5.43 Å². The zero-order chi connectivity index (χ0) is 22.3. The number of hydrazone groups is 1. The van der Waals surface area contributed by atoms with E-state index in [1.807, 2.05) is 0 Å². The largest absolute Gasteiger partial charge is 0.497 e. The molecular formula is C19H22BrN3O6S. The molecular weight excluding hydrogens is 478 g/mol. The normalized spacial score (nSPS) is 11.2. The van der Waals surface area contributed by atoms with E-state index < -0.39 is 22.5 Å². The Morgan fingerprint density at radius 1 is 1.10 bits per heavy atom. The number of carbonyl (C=O) groups is 1. The van der Waals surface area contributed by atoms with Crippen LogP contribution in [0.1, 0.15) is 5.56 Å². The second kappa shape index (κ2) is 10.3. The third-order valence-corrected chi connectivity index (χ3v) is 5.55. The summed E-state index contributed by atoms with van der Waals surface area (Å²) in [6.45, 7) is -0.492.